The highest BCUT2D eigenvalue weighted by Crippen LogP contribution is 2.34. The number of benzene rings is 2. The summed E-state index contributed by atoms with van der Waals surface area (Å²) in [5, 5.41) is 6.40. The lowest BCUT2D eigenvalue weighted by Crippen LogP contribution is -2.28. The van der Waals surface area contributed by atoms with Crippen LogP contribution in [0.3, 0.4) is 0 Å². The van der Waals surface area contributed by atoms with Crippen LogP contribution >= 0.6 is 43.5 Å². The highest BCUT2D eigenvalue weighted by atomic mass is 79.9. The van der Waals surface area contributed by atoms with E-state index in [0.29, 0.717) is 23.2 Å². The highest BCUT2D eigenvalue weighted by Gasteiger charge is 2.12. The van der Waals surface area contributed by atoms with E-state index in [-0.39, 0.29) is 6.03 Å². The minimum atomic E-state index is -0.273. The minimum Gasteiger partial charge on any atom is -0.334 e. The van der Waals surface area contributed by atoms with Crippen LogP contribution in [0.5, 0.6) is 0 Å². The van der Waals surface area contributed by atoms with E-state index in [1.807, 2.05) is 37.3 Å². The Morgan fingerprint density at radius 3 is 2.33 bits per heavy atom. The van der Waals surface area contributed by atoms with Crippen molar-refractivity contribution in [3.8, 4) is 0 Å². The summed E-state index contributed by atoms with van der Waals surface area (Å²) in [6.07, 6.45) is 0. The first-order chi connectivity index (χ1) is 11.3. The quantitative estimate of drug-likeness (QED) is 0.514. The van der Waals surface area contributed by atoms with Crippen LogP contribution in [0.2, 0.25) is 5.02 Å². The third kappa shape index (κ3) is 4.98. The van der Waals surface area contributed by atoms with Crippen molar-refractivity contribution in [3.05, 3.63) is 61.0 Å². The van der Waals surface area contributed by atoms with Crippen LogP contribution in [-0.2, 0) is 6.54 Å². The predicted octanol–water partition coefficient (Wildman–Crippen LogP) is 6.62. The smallest absolute Gasteiger partial charge is 0.319 e. The van der Waals surface area contributed by atoms with E-state index in [4.69, 9.17) is 11.6 Å². The number of carbonyl (C=O) groups excluding carboxylic acids is 1. The molecule has 24 heavy (non-hydrogen) atoms. The average Bonchev–Trinajstić information content (AvgIpc) is 2.51. The van der Waals surface area contributed by atoms with Gasteiger partial charge in [0.2, 0.25) is 0 Å². The third-order valence-electron chi connectivity index (χ3n) is 3.66. The molecule has 0 unspecified atom stereocenters. The summed E-state index contributed by atoms with van der Waals surface area (Å²) in [6.45, 7) is 6.61. The van der Waals surface area contributed by atoms with Crippen LogP contribution in [0, 0.1) is 6.92 Å². The van der Waals surface area contributed by atoms with Crippen molar-refractivity contribution in [2.24, 2.45) is 0 Å². The number of hydrogen-bond donors (Lipinski definition) is 2. The Kier molecular flexibility index (Phi) is 6.72. The SMILES string of the molecule is Cc1ccc(CNC(=O)Nc2c(Br)cc(C(C)C)cc2Br)cc1Cl. The first-order valence-electron chi connectivity index (χ1n) is 7.56. The van der Waals surface area contributed by atoms with Gasteiger partial charge in [0.1, 0.15) is 0 Å². The molecule has 0 aliphatic rings. The standard InChI is InChI=1S/C18H19Br2ClN2O/c1-10(2)13-7-14(19)17(15(20)8-13)23-18(24)22-9-12-5-4-11(3)16(21)6-12/h4-8,10H,9H2,1-3H3,(H2,22,23,24). The van der Waals surface area contributed by atoms with E-state index in [9.17, 15) is 4.79 Å². The maximum atomic E-state index is 12.2. The van der Waals surface area contributed by atoms with E-state index < -0.39 is 0 Å². The molecule has 0 radical (unpaired) electrons. The zero-order chi connectivity index (χ0) is 17.9. The number of urea groups is 1. The van der Waals surface area contributed by atoms with Gasteiger partial charge in [-0.25, -0.2) is 4.79 Å². The molecular weight excluding hydrogens is 455 g/mol. The molecule has 0 aliphatic carbocycles. The highest BCUT2D eigenvalue weighted by molar-refractivity contribution is 9.11. The van der Waals surface area contributed by atoms with Crippen LogP contribution < -0.4 is 10.6 Å². The first kappa shape index (κ1) is 19.3. The number of carbonyl (C=O) groups is 1. The molecule has 2 aromatic carbocycles. The van der Waals surface area contributed by atoms with Gasteiger partial charge in [-0.15, -0.1) is 0 Å². The first-order valence-corrected chi connectivity index (χ1v) is 9.53. The van der Waals surface area contributed by atoms with E-state index in [2.05, 4.69) is 56.3 Å². The lowest BCUT2D eigenvalue weighted by atomic mass is 10.0. The Hall–Kier alpha value is -1.04. The van der Waals surface area contributed by atoms with Crippen molar-refractivity contribution >= 4 is 55.2 Å². The Morgan fingerprint density at radius 1 is 1.17 bits per heavy atom. The summed E-state index contributed by atoms with van der Waals surface area (Å²) in [6, 6.07) is 9.51. The van der Waals surface area contributed by atoms with Crippen LogP contribution in [0.15, 0.2) is 39.3 Å². The number of aryl methyl sites for hydroxylation is 1. The van der Waals surface area contributed by atoms with Crippen LogP contribution in [0.4, 0.5) is 10.5 Å². The number of anilines is 1. The average molecular weight is 475 g/mol. The van der Waals surface area contributed by atoms with Gasteiger partial charge < -0.3 is 10.6 Å². The summed E-state index contributed by atoms with van der Waals surface area (Å²) < 4.78 is 1.68. The van der Waals surface area contributed by atoms with Gasteiger partial charge in [-0.3, -0.25) is 0 Å². The molecule has 3 nitrogen and oxygen atoms in total. The van der Waals surface area contributed by atoms with Crippen LogP contribution in [0.25, 0.3) is 0 Å². The topological polar surface area (TPSA) is 41.1 Å². The Balaban J connectivity index is 2.03. The van der Waals surface area contributed by atoms with Crippen molar-refractivity contribution in [2.45, 2.75) is 33.2 Å². The monoisotopic (exact) mass is 472 g/mol. The summed E-state index contributed by atoms with van der Waals surface area (Å²) in [7, 11) is 0. The van der Waals surface area contributed by atoms with E-state index in [1.165, 1.54) is 5.56 Å². The fourth-order valence-corrected chi connectivity index (χ4v) is 3.76. The summed E-state index contributed by atoms with van der Waals surface area (Å²) in [4.78, 5) is 12.2. The molecule has 6 heteroatoms. The van der Waals surface area contributed by atoms with Gasteiger partial charge in [0, 0.05) is 20.5 Å². The van der Waals surface area contributed by atoms with Gasteiger partial charge >= 0.3 is 6.03 Å². The molecule has 0 aliphatic heterocycles. The number of hydrogen-bond acceptors (Lipinski definition) is 1. The maximum absolute atomic E-state index is 12.2. The molecule has 128 valence electrons. The number of rotatable bonds is 4. The maximum Gasteiger partial charge on any atom is 0.319 e. The second kappa shape index (κ2) is 8.37. The normalized spacial score (nSPS) is 10.8. The molecule has 2 amide bonds. The summed E-state index contributed by atoms with van der Waals surface area (Å²) in [5.74, 6) is 0.409. The molecule has 0 fully saturated rings. The molecule has 0 spiro atoms. The van der Waals surface area contributed by atoms with Gasteiger partial charge in [-0.1, -0.05) is 37.6 Å². The van der Waals surface area contributed by atoms with Crippen LogP contribution in [0.1, 0.15) is 36.5 Å². The van der Waals surface area contributed by atoms with Gasteiger partial charge in [0.15, 0.2) is 0 Å². The molecule has 0 aromatic heterocycles. The third-order valence-corrected chi connectivity index (χ3v) is 5.32. The minimum absolute atomic E-state index is 0.273. The van der Waals surface area contributed by atoms with Gasteiger partial charge in [0.05, 0.1) is 5.69 Å². The molecule has 0 bridgehead atoms. The lowest BCUT2D eigenvalue weighted by molar-refractivity contribution is 0.251. The molecule has 0 heterocycles. The molecule has 0 saturated heterocycles. The Bertz CT molecular complexity index is 740. The lowest BCUT2D eigenvalue weighted by Gasteiger charge is -2.14. The van der Waals surface area contributed by atoms with Crippen LogP contribution in [-0.4, -0.2) is 6.03 Å². The Labute approximate surface area is 164 Å². The fourth-order valence-electron chi connectivity index (χ4n) is 2.13. The molecule has 2 rings (SSSR count). The largest absolute Gasteiger partial charge is 0.334 e. The fraction of sp³-hybridized carbons (Fsp3) is 0.278. The molecule has 0 atom stereocenters. The molecule has 0 saturated carbocycles. The van der Waals surface area contributed by atoms with Crippen molar-refractivity contribution in [3.63, 3.8) is 0 Å². The van der Waals surface area contributed by atoms with Crippen molar-refractivity contribution in [2.75, 3.05) is 5.32 Å². The second-order valence-electron chi connectivity index (χ2n) is 5.91. The van der Waals surface area contributed by atoms with Gasteiger partial charge in [-0.2, -0.15) is 0 Å². The van der Waals surface area contributed by atoms with Crippen molar-refractivity contribution in [1.29, 1.82) is 0 Å². The zero-order valence-electron chi connectivity index (χ0n) is 13.7. The van der Waals surface area contributed by atoms with E-state index >= 15 is 0 Å². The van der Waals surface area contributed by atoms with Crippen molar-refractivity contribution < 1.29 is 4.79 Å². The number of amides is 2. The molecule has 2 aromatic rings. The second-order valence-corrected chi connectivity index (χ2v) is 8.02. The Morgan fingerprint density at radius 2 is 1.79 bits per heavy atom. The van der Waals surface area contributed by atoms with Gasteiger partial charge in [-0.05, 0) is 79.6 Å². The van der Waals surface area contributed by atoms with Gasteiger partial charge in [0.25, 0.3) is 0 Å². The zero-order valence-corrected chi connectivity index (χ0v) is 17.6. The van der Waals surface area contributed by atoms with Crippen molar-refractivity contribution in [1.82, 2.24) is 5.32 Å². The summed E-state index contributed by atoms with van der Waals surface area (Å²) >= 11 is 13.1. The summed E-state index contributed by atoms with van der Waals surface area (Å²) in [5.41, 5.74) is 3.87. The molecular formula is C18H19Br2ClN2O. The van der Waals surface area contributed by atoms with E-state index in [0.717, 1.165) is 20.1 Å². The number of nitrogens with one attached hydrogen (secondary N) is 2. The number of halogens is 3. The van der Waals surface area contributed by atoms with E-state index in [1.54, 1.807) is 0 Å². The predicted molar refractivity (Wildman–Crippen MR) is 108 cm³/mol. The molecule has 2 N–H and O–H groups in total.